The van der Waals surface area contributed by atoms with E-state index in [9.17, 15) is 14.4 Å². The number of rotatable bonds is 63. The number of hydrogen-bond acceptors (Lipinski definition) is 6. The molecule has 6 heteroatoms. The molecule has 0 fully saturated rings. The minimum atomic E-state index is -0.814. The maximum Gasteiger partial charge on any atom is 0.306 e. The first-order valence-electron chi connectivity index (χ1n) is 34.4. The van der Waals surface area contributed by atoms with Crippen LogP contribution in [0, 0.1) is 0 Å². The van der Waals surface area contributed by atoms with Crippen LogP contribution in [0.25, 0.3) is 0 Å². The van der Waals surface area contributed by atoms with Crippen LogP contribution in [-0.2, 0) is 28.6 Å². The predicted octanol–water partition coefficient (Wildman–Crippen LogP) is 23.7. The van der Waals surface area contributed by atoms with E-state index in [1.54, 1.807) is 0 Å². The first-order valence-corrected chi connectivity index (χ1v) is 34.4. The lowest BCUT2D eigenvalue weighted by Gasteiger charge is -2.18. The summed E-state index contributed by atoms with van der Waals surface area (Å²) in [5.41, 5.74) is 0. The monoisotopic (exact) mass is 1100 g/mol. The summed E-state index contributed by atoms with van der Waals surface area (Å²) in [4.78, 5) is 38.3. The van der Waals surface area contributed by atoms with E-state index in [0.717, 1.165) is 77.0 Å². The van der Waals surface area contributed by atoms with Crippen molar-refractivity contribution >= 4 is 17.9 Å². The first kappa shape index (κ1) is 75.8. The van der Waals surface area contributed by atoms with Crippen molar-refractivity contribution < 1.29 is 28.6 Å². The first-order chi connectivity index (χ1) is 39.0. The van der Waals surface area contributed by atoms with E-state index < -0.39 is 6.10 Å². The molecule has 0 aromatic rings. The molecule has 458 valence electrons. The Hall–Kier alpha value is -3.15. The Balaban J connectivity index is 4.23. The summed E-state index contributed by atoms with van der Waals surface area (Å²) in [6.45, 7) is 6.51. The van der Waals surface area contributed by atoms with Crippen LogP contribution in [0.5, 0.6) is 0 Å². The Kier molecular flexibility index (Phi) is 64.7. The summed E-state index contributed by atoms with van der Waals surface area (Å²) >= 11 is 0. The summed E-state index contributed by atoms with van der Waals surface area (Å²) in [5.74, 6) is -0.968. The molecule has 1 atom stereocenters. The van der Waals surface area contributed by atoms with Gasteiger partial charge in [-0.25, -0.2) is 0 Å². The summed E-state index contributed by atoms with van der Waals surface area (Å²) in [6.07, 6.45) is 88.2. The largest absolute Gasteiger partial charge is 0.462 e. The van der Waals surface area contributed by atoms with E-state index in [1.165, 1.54) is 231 Å². The van der Waals surface area contributed by atoms with Crippen molar-refractivity contribution in [2.75, 3.05) is 13.2 Å². The quantitative estimate of drug-likeness (QED) is 0.0261. The highest BCUT2D eigenvalue weighted by Crippen LogP contribution is 2.18. The normalized spacial score (nSPS) is 12.5. The summed E-state index contributed by atoms with van der Waals surface area (Å²) in [5, 5.41) is 0. The van der Waals surface area contributed by atoms with Gasteiger partial charge in [0.15, 0.2) is 6.10 Å². The van der Waals surface area contributed by atoms with Crippen LogP contribution < -0.4 is 0 Å². The van der Waals surface area contributed by atoms with Crippen molar-refractivity contribution in [1.29, 1.82) is 0 Å². The van der Waals surface area contributed by atoms with Crippen LogP contribution in [0.15, 0.2) is 72.9 Å². The minimum Gasteiger partial charge on any atom is -0.462 e. The molecule has 0 N–H and O–H groups in total. The molecule has 0 heterocycles. The van der Waals surface area contributed by atoms with Gasteiger partial charge >= 0.3 is 17.9 Å². The van der Waals surface area contributed by atoms with Crippen molar-refractivity contribution in [3.8, 4) is 0 Å². The molecule has 0 rings (SSSR count). The van der Waals surface area contributed by atoms with Gasteiger partial charge in [-0.2, -0.15) is 0 Å². The minimum absolute atomic E-state index is 0.101. The average Bonchev–Trinajstić information content (AvgIpc) is 3.45. The van der Waals surface area contributed by atoms with Crippen molar-refractivity contribution in [2.24, 2.45) is 0 Å². The van der Waals surface area contributed by atoms with Gasteiger partial charge in [-0.3, -0.25) is 14.4 Å². The summed E-state index contributed by atoms with van der Waals surface area (Å²) in [7, 11) is 0. The van der Waals surface area contributed by atoms with E-state index >= 15 is 0 Å². The van der Waals surface area contributed by atoms with Crippen LogP contribution in [0.3, 0.4) is 0 Å². The Morgan fingerprint density at radius 3 is 0.747 bits per heavy atom. The number of unbranched alkanes of at least 4 members (excludes halogenated alkanes) is 40. The maximum absolute atomic E-state index is 12.9. The second-order valence-electron chi connectivity index (χ2n) is 23.1. The Labute approximate surface area is 491 Å². The molecule has 0 aromatic heterocycles. The fourth-order valence-corrected chi connectivity index (χ4v) is 10.1. The predicted molar refractivity (Wildman–Crippen MR) is 344 cm³/mol. The molecule has 0 saturated carbocycles. The Morgan fingerprint density at radius 1 is 0.266 bits per heavy atom. The average molecular weight is 1100 g/mol. The highest BCUT2D eigenvalue weighted by atomic mass is 16.6. The number of allylic oxidation sites excluding steroid dienone is 12. The third kappa shape index (κ3) is 65.5. The van der Waals surface area contributed by atoms with Gasteiger partial charge < -0.3 is 14.2 Å². The number of ether oxygens (including phenoxy) is 3. The molecule has 6 nitrogen and oxygen atoms in total. The lowest BCUT2D eigenvalue weighted by molar-refractivity contribution is -0.166. The molecule has 0 aromatic carbocycles. The van der Waals surface area contributed by atoms with Gasteiger partial charge in [-0.1, -0.05) is 351 Å². The fourth-order valence-electron chi connectivity index (χ4n) is 10.1. The van der Waals surface area contributed by atoms with Crippen LogP contribution in [0.2, 0.25) is 0 Å². The molecule has 1 unspecified atom stereocenters. The van der Waals surface area contributed by atoms with Crippen LogP contribution >= 0.6 is 0 Å². The van der Waals surface area contributed by atoms with E-state index in [1.807, 2.05) is 6.08 Å². The molecular formula is C73H130O6. The standard InChI is InChI=1S/C73H130O6/c1-4-7-10-13-16-19-22-25-27-29-31-32-33-34-35-36-37-38-39-40-41-43-44-46-48-51-54-57-60-63-66-72(75)78-69-70(68-77-71(74)65-62-59-56-53-50-24-21-18-15-12-9-6-3)79-73(76)67-64-61-58-55-52-49-47-45-42-30-28-26-23-20-17-14-11-8-5-2/h8,11,17,20,26,28,42,45,49,52,58,61,70H,4-7,9-10,12-16,18-19,21-25,27,29-41,43-44,46-48,50-51,53-57,59-60,62-69H2,1-3H3/b11-8-,20-17-,28-26-,45-42-,52-49-,61-58-. The van der Waals surface area contributed by atoms with E-state index in [2.05, 4.69) is 87.6 Å². The number of hydrogen-bond donors (Lipinski definition) is 0. The Morgan fingerprint density at radius 2 is 0.494 bits per heavy atom. The maximum atomic E-state index is 12.9. The van der Waals surface area contributed by atoms with Gasteiger partial charge in [-0.15, -0.1) is 0 Å². The molecule has 0 aliphatic carbocycles. The molecule has 79 heavy (non-hydrogen) atoms. The third-order valence-electron chi connectivity index (χ3n) is 15.2. The van der Waals surface area contributed by atoms with Gasteiger partial charge in [0.1, 0.15) is 13.2 Å². The van der Waals surface area contributed by atoms with Gasteiger partial charge in [0.2, 0.25) is 0 Å². The molecule has 0 aliphatic rings. The third-order valence-corrected chi connectivity index (χ3v) is 15.2. The SMILES string of the molecule is CC/C=C\C/C=C\C/C=C\C/C=C\C/C=C\C/C=C\CCC(=O)OC(COC(=O)CCCCCCCCCCCCCC)COC(=O)CCCCCCCCCCCCCCCCCCCCCCCCCCCCCCCC. The molecular weight excluding hydrogens is 973 g/mol. The van der Waals surface area contributed by atoms with Crippen molar-refractivity contribution in [3.05, 3.63) is 72.9 Å². The topological polar surface area (TPSA) is 78.9 Å². The highest BCUT2D eigenvalue weighted by molar-refractivity contribution is 5.71. The van der Waals surface area contributed by atoms with Crippen LogP contribution in [0.4, 0.5) is 0 Å². The van der Waals surface area contributed by atoms with E-state index in [0.29, 0.717) is 19.3 Å². The van der Waals surface area contributed by atoms with Crippen molar-refractivity contribution in [1.82, 2.24) is 0 Å². The molecule has 0 amide bonds. The fraction of sp³-hybridized carbons (Fsp3) is 0.795. The molecule has 0 saturated heterocycles. The van der Waals surface area contributed by atoms with E-state index in [-0.39, 0.29) is 37.5 Å². The van der Waals surface area contributed by atoms with Crippen LogP contribution in [-0.4, -0.2) is 37.2 Å². The van der Waals surface area contributed by atoms with Crippen molar-refractivity contribution in [3.63, 3.8) is 0 Å². The number of carbonyl (C=O) groups is 3. The zero-order chi connectivity index (χ0) is 57.1. The highest BCUT2D eigenvalue weighted by Gasteiger charge is 2.19. The molecule has 0 aliphatic heterocycles. The summed E-state index contributed by atoms with van der Waals surface area (Å²) in [6, 6.07) is 0. The number of carbonyl (C=O) groups excluding carboxylic acids is 3. The second-order valence-corrected chi connectivity index (χ2v) is 23.1. The van der Waals surface area contributed by atoms with Gasteiger partial charge in [0.25, 0.3) is 0 Å². The van der Waals surface area contributed by atoms with Gasteiger partial charge in [0.05, 0.1) is 0 Å². The smallest absolute Gasteiger partial charge is 0.306 e. The van der Waals surface area contributed by atoms with E-state index in [4.69, 9.17) is 14.2 Å². The Bertz CT molecular complexity index is 1450. The molecule has 0 spiro atoms. The lowest BCUT2D eigenvalue weighted by atomic mass is 10.0. The van der Waals surface area contributed by atoms with Crippen LogP contribution in [0.1, 0.15) is 355 Å². The zero-order valence-electron chi connectivity index (χ0n) is 52.6. The zero-order valence-corrected chi connectivity index (χ0v) is 52.6. The molecule has 0 radical (unpaired) electrons. The number of esters is 3. The molecule has 0 bridgehead atoms. The lowest BCUT2D eigenvalue weighted by Crippen LogP contribution is -2.30. The van der Waals surface area contributed by atoms with Crippen molar-refractivity contribution in [2.45, 2.75) is 361 Å². The summed E-state index contributed by atoms with van der Waals surface area (Å²) < 4.78 is 16.9. The van der Waals surface area contributed by atoms with Gasteiger partial charge in [0, 0.05) is 19.3 Å². The second kappa shape index (κ2) is 67.4. The van der Waals surface area contributed by atoms with Gasteiger partial charge in [-0.05, 0) is 57.8 Å².